The van der Waals surface area contributed by atoms with Crippen molar-refractivity contribution in [3.63, 3.8) is 0 Å². The van der Waals surface area contributed by atoms with Crippen LogP contribution in [-0.2, 0) is 38.2 Å². The fraction of sp³-hybridized carbons (Fsp3) is 0.800. The number of carboxylic acids is 4. The SMILES string of the molecule is O=C(O)CN1CCN(CC(=O)O)CC(CCC(=O)NCCNC(=O)C(O)C(O)C(OC2OC(CO)C(O)C(O)C2O)C(O)CO)(N(CC(=O)O)CC(=O)O)C1. The molecule has 2 aliphatic rings. The number of ether oxygens (including phenoxy) is 2. The van der Waals surface area contributed by atoms with Gasteiger partial charge in [0.15, 0.2) is 12.4 Å². The predicted molar refractivity (Wildman–Crippen MR) is 177 cm³/mol. The lowest BCUT2D eigenvalue weighted by atomic mass is 9.89. The van der Waals surface area contributed by atoms with Gasteiger partial charge in [-0.1, -0.05) is 0 Å². The van der Waals surface area contributed by atoms with Crippen LogP contribution in [0.5, 0.6) is 0 Å². The number of carboxylic acid groups (broad SMARTS) is 4. The minimum atomic E-state index is -2.38. The summed E-state index contributed by atoms with van der Waals surface area (Å²) < 4.78 is 10.4. The number of hydrogen-bond donors (Lipinski definition) is 14. The van der Waals surface area contributed by atoms with Crippen molar-refractivity contribution in [1.29, 1.82) is 0 Å². The van der Waals surface area contributed by atoms with E-state index in [0.29, 0.717) is 0 Å². The van der Waals surface area contributed by atoms with Crippen LogP contribution in [0.4, 0.5) is 0 Å². The number of aliphatic carboxylic acids is 4. The van der Waals surface area contributed by atoms with Gasteiger partial charge in [0.1, 0.15) is 42.7 Å². The summed E-state index contributed by atoms with van der Waals surface area (Å²) in [7, 11) is 0. The number of carbonyl (C=O) groups is 6. The number of nitrogens with zero attached hydrogens (tertiary/aromatic N) is 3. The van der Waals surface area contributed by atoms with Crippen molar-refractivity contribution < 1.29 is 99.5 Å². The van der Waals surface area contributed by atoms with Gasteiger partial charge in [-0.05, 0) is 6.42 Å². The summed E-state index contributed by atoms with van der Waals surface area (Å²) in [6, 6.07) is 0. The molecule has 2 amide bonds. The van der Waals surface area contributed by atoms with E-state index in [-0.39, 0.29) is 45.7 Å². The van der Waals surface area contributed by atoms with Crippen LogP contribution in [0.25, 0.3) is 0 Å². The van der Waals surface area contributed by atoms with Crippen LogP contribution in [0.2, 0.25) is 0 Å². The second kappa shape index (κ2) is 22.1. The third-order valence-corrected chi connectivity index (χ3v) is 9.01. The molecule has 0 bridgehead atoms. The lowest BCUT2D eigenvalue weighted by Crippen LogP contribution is -2.62. The molecule has 2 heterocycles. The quantitative estimate of drug-likeness (QED) is 0.0427. The minimum absolute atomic E-state index is 0.0291. The van der Waals surface area contributed by atoms with Gasteiger partial charge in [-0.25, -0.2) is 0 Å². The molecule has 9 unspecified atom stereocenters. The van der Waals surface area contributed by atoms with E-state index in [0.717, 1.165) is 4.90 Å². The zero-order valence-corrected chi connectivity index (χ0v) is 29.6. The van der Waals surface area contributed by atoms with Crippen LogP contribution in [0, 0.1) is 0 Å². The zero-order valence-electron chi connectivity index (χ0n) is 29.6. The second-order valence-electron chi connectivity index (χ2n) is 13.2. The molecule has 25 heteroatoms. The predicted octanol–water partition coefficient (Wildman–Crippen LogP) is -8.74. The second-order valence-corrected chi connectivity index (χ2v) is 13.2. The standard InChI is InChI=1S/C30H51N5O20/c36-11-15(38)27(55-29-26(52)23(49)22(48)16(12-37)54-29)24(50)25(51)28(53)32-4-3-31-17(39)1-2-30(35(9-20(44)45)10-21(46)47)13-33(7-18(40)41)5-6-34(14-30)8-19(42)43/h15-16,22-27,29,36-38,48-52H,1-14H2,(H,31,39)(H,32,53)(H,40,41)(H,42,43)(H,44,45)(H,46,47). The number of amides is 2. The Morgan fingerprint density at radius 1 is 0.782 bits per heavy atom. The number of hydrogen-bond acceptors (Lipinski definition) is 19. The Hall–Kier alpha value is -3.70. The first-order valence-electron chi connectivity index (χ1n) is 17.0. The van der Waals surface area contributed by atoms with Crippen LogP contribution in [-0.4, -0.2) is 251 Å². The van der Waals surface area contributed by atoms with Crippen molar-refractivity contribution in [2.45, 2.75) is 73.5 Å². The van der Waals surface area contributed by atoms with Crippen LogP contribution in [0.3, 0.4) is 0 Å². The Morgan fingerprint density at radius 2 is 1.31 bits per heavy atom. The highest BCUT2D eigenvalue weighted by atomic mass is 16.7. The largest absolute Gasteiger partial charge is 0.480 e. The maximum Gasteiger partial charge on any atom is 0.317 e. The Labute approximate surface area is 312 Å². The van der Waals surface area contributed by atoms with E-state index in [1.54, 1.807) is 0 Å². The maximum absolute atomic E-state index is 13.0. The number of nitrogens with one attached hydrogen (secondary N) is 2. The summed E-state index contributed by atoms with van der Waals surface area (Å²) in [6.07, 6.45) is -18.5. The molecule has 0 radical (unpaired) electrons. The van der Waals surface area contributed by atoms with Gasteiger partial charge in [0, 0.05) is 51.2 Å². The third-order valence-electron chi connectivity index (χ3n) is 9.01. The molecule has 55 heavy (non-hydrogen) atoms. The first-order valence-corrected chi connectivity index (χ1v) is 17.0. The normalized spacial score (nSPS) is 25.6. The molecule has 14 N–H and O–H groups in total. The van der Waals surface area contributed by atoms with Crippen molar-refractivity contribution in [2.75, 3.05) is 78.7 Å². The van der Waals surface area contributed by atoms with Gasteiger partial charge in [0.25, 0.3) is 5.91 Å². The van der Waals surface area contributed by atoms with Crippen LogP contribution in [0.1, 0.15) is 12.8 Å². The van der Waals surface area contributed by atoms with Crippen molar-refractivity contribution in [3.05, 3.63) is 0 Å². The van der Waals surface area contributed by atoms with E-state index in [1.807, 2.05) is 0 Å². The molecular weight excluding hydrogens is 750 g/mol. The number of carbonyl (C=O) groups excluding carboxylic acids is 2. The van der Waals surface area contributed by atoms with Crippen molar-refractivity contribution >= 4 is 35.7 Å². The Bertz CT molecular complexity index is 1270. The molecule has 2 saturated heterocycles. The third kappa shape index (κ3) is 14.4. The molecule has 0 saturated carbocycles. The molecule has 0 aromatic carbocycles. The zero-order chi connectivity index (χ0) is 41.6. The number of aliphatic hydroxyl groups is 8. The summed E-state index contributed by atoms with van der Waals surface area (Å²) in [5.74, 6) is -7.39. The molecule has 2 fully saturated rings. The van der Waals surface area contributed by atoms with Crippen molar-refractivity contribution in [2.24, 2.45) is 0 Å². The number of aliphatic hydroxyl groups excluding tert-OH is 8. The molecule has 25 nitrogen and oxygen atoms in total. The van der Waals surface area contributed by atoms with Crippen LogP contribution in [0.15, 0.2) is 0 Å². The highest BCUT2D eigenvalue weighted by Gasteiger charge is 2.48. The Balaban J connectivity index is 2.11. The van der Waals surface area contributed by atoms with Crippen molar-refractivity contribution in [3.8, 4) is 0 Å². The van der Waals surface area contributed by atoms with Crippen LogP contribution < -0.4 is 10.6 Å². The lowest BCUT2D eigenvalue weighted by molar-refractivity contribution is -0.326. The van der Waals surface area contributed by atoms with Gasteiger partial charge in [-0.3, -0.25) is 43.5 Å². The topological polar surface area (TPSA) is 397 Å². The van der Waals surface area contributed by atoms with Gasteiger partial charge in [0.2, 0.25) is 5.91 Å². The smallest absolute Gasteiger partial charge is 0.317 e. The molecule has 0 spiro atoms. The van der Waals surface area contributed by atoms with Crippen molar-refractivity contribution in [1.82, 2.24) is 25.3 Å². The van der Waals surface area contributed by atoms with Crippen LogP contribution >= 0.6 is 0 Å². The first kappa shape index (κ1) is 47.5. The Kier molecular flexibility index (Phi) is 19.1. The summed E-state index contributed by atoms with van der Waals surface area (Å²) in [5.41, 5.74) is -1.56. The minimum Gasteiger partial charge on any atom is -0.480 e. The summed E-state index contributed by atoms with van der Waals surface area (Å²) in [5, 5.41) is 123. The van der Waals surface area contributed by atoms with E-state index in [9.17, 15) is 90.0 Å². The van der Waals surface area contributed by atoms with Gasteiger partial charge in [-0.15, -0.1) is 0 Å². The monoisotopic (exact) mass is 801 g/mol. The average Bonchev–Trinajstić information content (AvgIpc) is 3.28. The van der Waals surface area contributed by atoms with Gasteiger partial charge >= 0.3 is 23.9 Å². The maximum atomic E-state index is 13.0. The van der Waals surface area contributed by atoms with Gasteiger partial charge < -0.3 is 81.4 Å². The lowest BCUT2D eigenvalue weighted by Gasteiger charge is -2.45. The summed E-state index contributed by atoms with van der Waals surface area (Å²) in [4.78, 5) is 76.2. The molecule has 0 aliphatic carbocycles. The molecule has 316 valence electrons. The highest BCUT2D eigenvalue weighted by Crippen LogP contribution is 2.28. The van der Waals surface area contributed by atoms with E-state index in [1.165, 1.54) is 9.80 Å². The Morgan fingerprint density at radius 3 is 1.78 bits per heavy atom. The molecular formula is C30H51N5O20. The van der Waals surface area contributed by atoms with E-state index < -0.39 is 142 Å². The molecule has 2 rings (SSSR count). The fourth-order valence-electron chi connectivity index (χ4n) is 6.31. The fourth-order valence-corrected chi connectivity index (χ4v) is 6.31. The molecule has 0 aromatic heterocycles. The molecule has 2 aliphatic heterocycles. The number of rotatable bonds is 23. The highest BCUT2D eigenvalue weighted by molar-refractivity contribution is 5.81. The van der Waals surface area contributed by atoms with Gasteiger partial charge in [-0.2, -0.15) is 0 Å². The summed E-state index contributed by atoms with van der Waals surface area (Å²) in [6.45, 7) is -5.88. The molecule has 9 atom stereocenters. The van der Waals surface area contributed by atoms with Gasteiger partial charge in [0.05, 0.1) is 39.4 Å². The van der Waals surface area contributed by atoms with E-state index in [4.69, 9.17) is 9.47 Å². The van der Waals surface area contributed by atoms with E-state index >= 15 is 0 Å². The van der Waals surface area contributed by atoms with E-state index in [2.05, 4.69) is 10.6 Å². The summed E-state index contributed by atoms with van der Waals surface area (Å²) >= 11 is 0. The molecule has 0 aromatic rings. The average molecular weight is 802 g/mol. The first-order chi connectivity index (χ1) is 25.7.